The summed E-state index contributed by atoms with van der Waals surface area (Å²) in [5.41, 5.74) is 0. The van der Waals surface area contributed by atoms with Gasteiger partial charge in [0, 0.05) is 23.7 Å². The first kappa shape index (κ1) is 13.5. The fourth-order valence-corrected chi connectivity index (χ4v) is 5.29. The standard InChI is InChI=1S/C12H12Cl4O2/c13-11(14)7-3-1-5-8(12(15,16)9(5)17)4-2-6(7)10(11)18/h5-8H,1-4H2/t5-,6-,7+,8+/m0/s1. The fraction of sp³-hybridized carbons (Fsp3) is 0.833. The van der Waals surface area contributed by atoms with Crippen LogP contribution in [-0.2, 0) is 9.59 Å². The summed E-state index contributed by atoms with van der Waals surface area (Å²) in [6.45, 7) is 0. The molecule has 3 aliphatic rings. The van der Waals surface area contributed by atoms with Crippen LogP contribution >= 0.6 is 46.4 Å². The molecular formula is C12H12Cl4O2. The van der Waals surface area contributed by atoms with Gasteiger partial charge in [0.15, 0.2) is 20.2 Å². The molecular weight excluding hydrogens is 318 g/mol. The van der Waals surface area contributed by atoms with E-state index in [0.717, 1.165) is 0 Å². The van der Waals surface area contributed by atoms with Crippen molar-refractivity contribution in [1.29, 1.82) is 0 Å². The van der Waals surface area contributed by atoms with Crippen molar-refractivity contribution in [2.45, 2.75) is 34.3 Å². The van der Waals surface area contributed by atoms with Gasteiger partial charge in [0.2, 0.25) is 0 Å². The predicted molar refractivity (Wildman–Crippen MR) is 71.3 cm³/mol. The van der Waals surface area contributed by atoms with Gasteiger partial charge in [-0.3, -0.25) is 9.59 Å². The third kappa shape index (κ3) is 1.55. The zero-order valence-corrected chi connectivity index (χ0v) is 12.5. The molecule has 18 heavy (non-hydrogen) atoms. The molecule has 100 valence electrons. The lowest BCUT2D eigenvalue weighted by Crippen LogP contribution is -2.61. The Morgan fingerprint density at radius 3 is 1.39 bits per heavy atom. The van der Waals surface area contributed by atoms with Crippen LogP contribution in [0.3, 0.4) is 0 Å². The van der Waals surface area contributed by atoms with Crippen LogP contribution in [0.25, 0.3) is 0 Å². The van der Waals surface area contributed by atoms with E-state index >= 15 is 0 Å². The zero-order chi connectivity index (χ0) is 13.3. The van der Waals surface area contributed by atoms with Crippen LogP contribution in [0.5, 0.6) is 0 Å². The third-order valence-corrected chi connectivity index (χ3v) is 6.68. The van der Waals surface area contributed by atoms with Crippen molar-refractivity contribution in [1.82, 2.24) is 0 Å². The lowest BCUT2D eigenvalue weighted by atomic mass is 9.58. The molecule has 0 unspecified atom stereocenters. The maximum atomic E-state index is 11.8. The molecule has 2 nitrogen and oxygen atoms in total. The Morgan fingerprint density at radius 1 is 0.722 bits per heavy atom. The number of alkyl halides is 4. The SMILES string of the molecule is O=C1[C@H]2CC[C@@H]3[C@H](CC[C@H]2C1(Cl)Cl)C(=O)C3(Cl)Cl. The molecule has 0 aromatic heterocycles. The van der Waals surface area contributed by atoms with E-state index in [1.165, 1.54) is 0 Å². The number of carbonyl (C=O) groups excluding carboxylic acids is 2. The molecule has 0 heterocycles. The molecule has 0 aliphatic heterocycles. The number of Topliss-reactive ketones (excluding diaryl/α,β-unsaturated/α-hetero) is 2. The molecule has 0 aromatic carbocycles. The largest absolute Gasteiger partial charge is 0.296 e. The maximum Gasteiger partial charge on any atom is 0.179 e. The van der Waals surface area contributed by atoms with Gasteiger partial charge in [0.1, 0.15) is 0 Å². The third-order valence-electron chi connectivity index (χ3n) is 4.81. The van der Waals surface area contributed by atoms with Gasteiger partial charge >= 0.3 is 0 Å². The van der Waals surface area contributed by atoms with Gasteiger partial charge in [0.25, 0.3) is 0 Å². The molecule has 0 saturated heterocycles. The van der Waals surface area contributed by atoms with Crippen molar-refractivity contribution < 1.29 is 9.59 Å². The monoisotopic (exact) mass is 328 g/mol. The maximum absolute atomic E-state index is 11.8. The predicted octanol–water partition coefficient (Wildman–Crippen LogP) is 3.54. The highest BCUT2D eigenvalue weighted by Crippen LogP contribution is 2.59. The number of rotatable bonds is 0. The van der Waals surface area contributed by atoms with Crippen molar-refractivity contribution in [2.24, 2.45) is 23.7 Å². The molecule has 0 amide bonds. The fourth-order valence-electron chi connectivity index (χ4n) is 3.69. The molecule has 4 atom stereocenters. The average Bonchev–Trinajstić information content (AvgIpc) is 2.28. The van der Waals surface area contributed by atoms with E-state index in [1.54, 1.807) is 0 Å². The zero-order valence-electron chi connectivity index (χ0n) is 9.47. The number of hydrogen-bond acceptors (Lipinski definition) is 2. The lowest BCUT2D eigenvalue weighted by Gasteiger charge is -2.53. The number of halogens is 4. The molecule has 3 aliphatic carbocycles. The number of fused-ring (bicyclic) bond motifs is 2. The quantitative estimate of drug-likeness (QED) is 0.637. The summed E-state index contributed by atoms with van der Waals surface area (Å²) in [6, 6.07) is 0. The summed E-state index contributed by atoms with van der Waals surface area (Å²) in [5, 5.41) is 0. The van der Waals surface area contributed by atoms with Gasteiger partial charge in [-0.1, -0.05) is 46.4 Å². The van der Waals surface area contributed by atoms with Crippen molar-refractivity contribution in [3.8, 4) is 0 Å². The Kier molecular flexibility index (Phi) is 3.00. The molecule has 0 bridgehead atoms. The van der Waals surface area contributed by atoms with Crippen LogP contribution in [0.1, 0.15) is 25.7 Å². The van der Waals surface area contributed by atoms with Gasteiger partial charge in [-0.25, -0.2) is 0 Å². The average molecular weight is 330 g/mol. The highest BCUT2D eigenvalue weighted by molar-refractivity contribution is 6.61. The van der Waals surface area contributed by atoms with Crippen molar-refractivity contribution in [2.75, 3.05) is 0 Å². The Labute approximate surface area is 125 Å². The molecule has 6 heteroatoms. The second-order valence-electron chi connectivity index (χ2n) is 5.56. The van der Waals surface area contributed by atoms with Gasteiger partial charge in [-0.15, -0.1) is 0 Å². The van der Waals surface area contributed by atoms with Gasteiger partial charge in [0.05, 0.1) is 0 Å². The number of carbonyl (C=O) groups is 2. The van der Waals surface area contributed by atoms with E-state index in [2.05, 4.69) is 0 Å². The van der Waals surface area contributed by atoms with Crippen LogP contribution in [0.4, 0.5) is 0 Å². The van der Waals surface area contributed by atoms with E-state index in [0.29, 0.717) is 25.7 Å². The number of hydrogen-bond donors (Lipinski definition) is 0. The minimum absolute atomic E-state index is 0.0252. The summed E-state index contributed by atoms with van der Waals surface area (Å²) < 4.78 is -2.49. The molecule has 0 spiro atoms. The number of ketones is 2. The highest BCUT2D eigenvalue weighted by atomic mass is 35.5. The first-order valence-electron chi connectivity index (χ1n) is 6.12. The topological polar surface area (TPSA) is 34.1 Å². The summed E-state index contributed by atoms with van der Waals surface area (Å²) in [6.07, 6.45) is 2.75. The molecule has 3 saturated carbocycles. The molecule has 0 N–H and O–H groups in total. The summed E-state index contributed by atoms with van der Waals surface area (Å²) in [5.74, 6) is -0.392. The van der Waals surface area contributed by atoms with Crippen LogP contribution in [0.15, 0.2) is 0 Å². The normalized spacial score (nSPS) is 44.9. The van der Waals surface area contributed by atoms with Crippen molar-refractivity contribution in [3.63, 3.8) is 0 Å². The second kappa shape index (κ2) is 4.00. The van der Waals surface area contributed by atoms with Crippen molar-refractivity contribution in [3.05, 3.63) is 0 Å². The molecule has 3 fully saturated rings. The first-order valence-corrected chi connectivity index (χ1v) is 7.63. The highest BCUT2D eigenvalue weighted by Gasteiger charge is 2.65. The molecule has 0 radical (unpaired) electrons. The van der Waals surface area contributed by atoms with Crippen LogP contribution in [0, 0.1) is 23.7 Å². The minimum Gasteiger partial charge on any atom is -0.296 e. The minimum atomic E-state index is -1.25. The van der Waals surface area contributed by atoms with E-state index in [9.17, 15) is 9.59 Å². The smallest absolute Gasteiger partial charge is 0.179 e. The Hall–Kier alpha value is 0.500. The van der Waals surface area contributed by atoms with E-state index in [1.807, 2.05) is 0 Å². The van der Waals surface area contributed by atoms with Gasteiger partial charge in [-0.05, 0) is 25.7 Å². The Balaban J connectivity index is 1.78. The van der Waals surface area contributed by atoms with Gasteiger partial charge < -0.3 is 0 Å². The van der Waals surface area contributed by atoms with Crippen LogP contribution in [-0.4, -0.2) is 20.2 Å². The lowest BCUT2D eigenvalue weighted by molar-refractivity contribution is -0.142. The molecule has 0 aromatic rings. The summed E-state index contributed by atoms with van der Waals surface area (Å²) in [7, 11) is 0. The Bertz CT molecular complexity index is 392. The van der Waals surface area contributed by atoms with E-state index in [-0.39, 0.29) is 35.2 Å². The van der Waals surface area contributed by atoms with Crippen LogP contribution < -0.4 is 0 Å². The van der Waals surface area contributed by atoms with Crippen LogP contribution in [0.2, 0.25) is 0 Å². The summed E-state index contributed by atoms with van der Waals surface area (Å²) >= 11 is 24.1. The van der Waals surface area contributed by atoms with Gasteiger partial charge in [-0.2, -0.15) is 0 Å². The molecule has 3 rings (SSSR count). The first-order chi connectivity index (χ1) is 8.28. The van der Waals surface area contributed by atoms with E-state index < -0.39 is 8.67 Å². The Morgan fingerprint density at radius 2 is 1.06 bits per heavy atom. The van der Waals surface area contributed by atoms with E-state index in [4.69, 9.17) is 46.4 Å². The summed E-state index contributed by atoms with van der Waals surface area (Å²) in [4.78, 5) is 23.6. The second-order valence-corrected chi connectivity index (χ2v) is 8.33. The van der Waals surface area contributed by atoms with Crippen molar-refractivity contribution >= 4 is 58.0 Å².